The Balaban J connectivity index is 2.32. The molecule has 0 aromatic carbocycles. The second-order valence-electron chi connectivity index (χ2n) is 4.66. The predicted molar refractivity (Wildman–Crippen MR) is 70.4 cm³/mol. The van der Waals surface area contributed by atoms with E-state index < -0.39 is 24.0 Å². The summed E-state index contributed by atoms with van der Waals surface area (Å²) in [6.07, 6.45) is 0.886. The van der Waals surface area contributed by atoms with Crippen molar-refractivity contribution >= 4 is 23.9 Å². The van der Waals surface area contributed by atoms with Gasteiger partial charge in [0.2, 0.25) is 5.91 Å². The van der Waals surface area contributed by atoms with Crippen LogP contribution in [0.15, 0.2) is 0 Å². The number of rotatable bonds is 7. The number of hydrogen-bond acceptors (Lipinski definition) is 5. The van der Waals surface area contributed by atoms with Crippen LogP contribution in [0.5, 0.6) is 0 Å². The zero-order valence-corrected chi connectivity index (χ0v) is 11.7. The molecule has 1 saturated heterocycles. The van der Waals surface area contributed by atoms with Crippen molar-refractivity contribution in [2.24, 2.45) is 0 Å². The Morgan fingerprint density at radius 2 is 2.19 bits per heavy atom. The molecule has 1 aliphatic heterocycles. The van der Waals surface area contributed by atoms with Crippen molar-refractivity contribution in [3.05, 3.63) is 0 Å². The largest absolute Gasteiger partial charge is 0.480 e. The first-order valence-electron chi connectivity index (χ1n) is 6.55. The minimum atomic E-state index is -1.23. The maximum absolute atomic E-state index is 11.6. The highest BCUT2D eigenvalue weighted by Crippen LogP contribution is 2.05. The van der Waals surface area contributed by atoms with Crippen molar-refractivity contribution in [1.82, 2.24) is 16.0 Å². The molecule has 2 atom stereocenters. The summed E-state index contributed by atoms with van der Waals surface area (Å²) in [4.78, 5) is 44.5. The van der Waals surface area contributed by atoms with Crippen molar-refractivity contribution in [1.29, 1.82) is 0 Å². The first-order valence-corrected chi connectivity index (χ1v) is 6.55. The van der Waals surface area contributed by atoms with Gasteiger partial charge in [-0.1, -0.05) is 0 Å². The van der Waals surface area contributed by atoms with E-state index in [4.69, 9.17) is 5.11 Å². The summed E-state index contributed by atoms with van der Waals surface area (Å²) >= 11 is 0. The molecule has 0 spiro atoms. The summed E-state index contributed by atoms with van der Waals surface area (Å²) < 4.78 is 4.41. The van der Waals surface area contributed by atoms with Gasteiger partial charge in [-0.2, -0.15) is 0 Å². The SMILES string of the molecule is COC(=O)CC[C@H](NC(=O)NCC1CCC(=O)N1)C(=O)O. The Morgan fingerprint density at radius 1 is 1.48 bits per heavy atom. The van der Waals surface area contributed by atoms with Gasteiger partial charge in [0, 0.05) is 25.4 Å². The molecule has 0 bridgehead atoms. The number of carboxylic acid groups (broad SMARTS) is 1. The van der Waals surface area contributed by atoms with Crippen LogP contribution in [0.4, 0.5) is 4.79 Å². The molecular formula is C12H19N3O6. The molecule has 3 amide bonds. The minimum absolute atomic E-state index is 0.0599. The molecule has 118 valence electrons. The van der Waals surface area contributed by atoms with Gasteiger partial charge in [0.25, 0.3) is 0 Å². The molecule has 1 aliphatic rings. The van der Waals surface area contributed by atoms with Gasteiger partial charge >= 0.3 is 18.0 Å². The lowest BCUT2D eigenvalue weighted by atomic mass is 10.1. The molecule has 0 aromatic heterocycles. The van der Waals surface area contributed by atoms with Crippen molar-refractivity contribution in [3.8, 4) is 0 Å². The fourth-order valence-electron chi connectivity index (χ4n) is 1.88. The standard InChI is InChI=1S/C12H19N3O6/c1-21-10(17)5-3-8(11(18)19)15-12(20)13-6-7-2-4-9(16)14-7/h7-8H,2-6H2,1H3,(H,14,16)(H,18,19)(H2,13,15,20)/t7?,8-/m0/s1. The van der Waals surface area contributed by atoms with E-state index in [1.54, 1.807) is 0 Å². The lowest BCUT2D eigenvalue weighted by Gasteiger charge is -2.16. The smallest absolute Gasteiger partial charge is 0.326 e. The fraction of sp³-hybridized carbons (Fsp3) is 0.667. The number of methoxy groups -OCH3 is 1. The normalized spacial score (nSPS) is 18.5. The van der Waals surface area contributed by atoms with Gasteiger partial charge in [-0.3, -0.25) is 9.59 Å². The zero-order valence-electron chi connectivity index (χ0n) is 11.7. The van der Waals surface area contributed by atoms with E-state index in [0.29, 0.717) is 12.8 Å². The van der Waals surface area contributed by atoms with E-state index in [1.165, 1.54) is 7.11 Å². The number of urea groups is 1. The highest BCUT2D eigenvalue weighted by atomic mass is 16.5. The van der Waals surface area contributed by atoms with Crippen molar-refractivity contribution in [2.45, 2.75) is 37.8 Å². The Kier molecular flexibility index (Phi) is 6.44. The van der Waals surface area contributed by atoms with E-state index >= 15 is 0 Å². The molecule has 4 N–H and O–H groups in total. The van der Waals surface area contributed by atoms with Crippen LogP contribution in [0, 0.1) is 0 Å². The molecule has 9 heteroatoms. The molecule has 21 heavy (non-hydrogen) atoms. The number of carbonyl (C=O) groups is 4. The lowest BCUT2D eigenvalue weighted by Crippen LogP contribution is -2.49. The van der Waals surface area contributed by atoms with Crippen LogP contribution in [0.25, 0.3) is 0 Å². The average Bonchev–Trinajstić information content (AvgIpc) is 2.86. The Bertz CT molecular complexity index is 425. The maximum atomic E-state index is 11.6. The first-order chi connectivity index (χ1) is 9.92. The maximum Gasteiger partial charge on any atom is 0.326 e. The second kappa shape index (κ2) is 8.08. The highest BCUT2D eigenvalue weighted by Gasteiger charge is 2.23. The van der Waals surface area contributed by atoms with E-state index in [9.17, 15) is 19.2 Å². The summed E-state index contributed by atoms with van der Waals surface area (Å²) in [7, 11) is 1.20. The summed E-state index contributed by atoms with van der Waals surface area (Å²) in [5, 5.41) is 16.4. The first kappa shape index (κ1) is 16.7. The molecule has 0 saturated carbocycles. The summed E-state index contributed by atoms with van der Waals surface area (Å²) in [6, 6.07) is -1.97. The molecular weight excluding hydrogens is 282 g/mol. The quantitative estimate of drug-likeness (QED) is 0.444. The lowest BCUT2D eigenvalue weighted by molar-refractivity contribution is -0.142. The number of nitrogens with one attached hydrogen (secondary N) is 3. The van der Waals surface area contributed by atoms with Crippen LogP contribution < -0.4 is 16.0 Å². The van der Waals surface area contributed by atoms with Crippen LogP contribution in [-0.4, -0.2) is 54.7 Å². The van der Waals surface area contributed by atoms with Crippen LogP contribution in [0.1, 0.15) is 25.7 Å². The summed E-state index contributed by atoms with van der Waals surface area (Å²) in [5.74, 6) is -1.84. The number of esters is 1. The van der Waals surface area contributed by atoms with E-state index in [1.807, 2.05) is 0 Å². The van der Waals surface area contributed by atoms with Crippen LogP contribution >= 0.6 is 0 Å². The third-order valence-corrected chi connectivity index (χ3v) is 3.06. The number of ether oxygens (including phenoxy) is 1. The molecule has 9 nitrogen and oxygen atoms in total. The van der Waals surface area contributed by atoms with Crippen molar-refractivity contribution < 1.29 is 29.0 Å². The molecule has 0 aromatic rings. The monoisotopic (exact) mass is 301 g/mol. The molecule has 1 unspecified atom stereocenters. The molecule has 0 radical (unpaired) electrons. The molecule has 1 fully saturated rings. The number of aliphatic carboxylic acids is 1. The minimum Gasteiger partial charge on any atom is -0.480 e. The van der Waals surface area contributed by atoms with Gasteiger partial charge in [0.05, 0.1) is 7.11 Å². The Morgan fingerprint density at radius 3 is 2.71 bits per heavy atom. The van der Waals surface area contributed by atoms with Crippen LogP contribution in [0.3, 0.4) is 0 Å². The Hall–Kier alpha value is -2.32. The summed E-state index contributed by atoms with van der Waals surface area (Å²) in [6.45, 7) is 0.223. The van der Waals surface area contributed by atoms with Gasteiger partial charge < -0.3 is 25.8 Å². The van der Waals surface area contributed by atoms with E-state index in [0.717, 1.165) is 0 Å². The number of carboxylic acids is 1. The van der Waals surface area contributed by atoms with E-state index in [2.05, 4.69) is 20.7 Å². The molecule has 1 rings (SSSR count). The average molecular weight is 301 g/mol. The van der Waals surface area contributed by atoms with Crippen molar-refractivity contribution in [2.75, 3.05) is 13.7 Å². The number of amides is 3. The Labute approximate surface area is 121 Å². The molecule has 1 heterocycles. The van der Waals surface area contributed by atoms with E-state index in [-0.39, 0.29) is 31.3 Å². The highest BCUT2D eigenvalue weighted by molar-refractivity contribution is 5.83. The van der Waals surface area contributed by atoms with Gasteiger partial charge in [-0.15, -0.1) is 0 Å². The van der Waals surface area contributed by atoms with Gasteiger partial charge in [-0.05, 0) is 12.8 Å². The third-order valence-electron chi connectivity index (χ3n) is 3.06. The predicted octanol–water partition coefficient (Wildman–Crippen LogP) is -1.03. The third kappa shape index (κ3) is 6.11. The number of carbonyl (C=O) groups excluding carboxylic acids is 3. The van der Waals surface area contributed by atoms with Gasteiger partial charge in [0.1, 0.15) is 6.04 Å². The molecule has 0 aliphatic carbocycles. The van der Waals surface area contributed by atoms with Gasteiger partial charge in [0.15, 0.2) is 0 Å². The van der Waals surface area contributed by atoms with Gasteiger partial charge in [-0.25, -0.2) is 9.59 Å². The number of hydrogen-bond donors (Lipinski definition) is 4. The summed E-state index contributed by atoms with van der Waals surface area (Å²) in [5.41, 5.74) is 0. The van der Waals surface area contributed by atoms with Crippen LogP contribution in [-0.2, 0) is 19.1 Å². The fourth-order valence-corrected chi connectivity index (χ4v) is 1.88. The zero-order chi connectivity index (χ0) is 15.8. The van der Waals surface area contributed by atoms with Crippen molar-refractivity contribution in [3.63, 3.8) is 0 Å². The topological polar surface area (TPSA) is 134 Å². The second-order valence-corrected chi connectivity index (χ2v) is 4.66. The van der Waals surface area contributed by atoms with Crippen LogP contribution in [0.2, 0.25) is 0 Å².